The highest BCUT2D eigenvalue weighted by Gasteiger charge is 2.20. The van der Waals surface area contributed by atoms with Crippen LogP contribution in [-0.2, 0) is 6.54 Å². The summed E-state index contributed by atoms with van der Waals surface area (Å²) in [5.74, 6) is 0.499. The molecule has 5 N–H and O–H groups in total. The van der Waals surface area contributed by atoms with E-state index in [1.54, 1.807) is 63.6 Å². The number of ether oxygens (including phenoxy) is 2. The van der Waals surface area contributed by atoms with Gasteiger partial charge in [0.2, 0.25) is 0 Å². The van der Waals surface area contributed by atoms with Crippen molar-refractivity contribution in [1.82, 2.24) is 4.37 Å². The number of aromatic nitrogens is 1. The first-order valence-electron chi connectivity index (χ1n) is 11.5. The van der Waals surface area contributed by atoms with E-state index in [0.717, 1.165) is 22.7 Å². The molecule has 38 heavy (non-hydrogen) atoms. The second kappa shape index (κ2) is 11.6. The molecule has 0 bridgehead atoms. The van der Waals surface area contributed by atoms with Gasteiger partial charge in [-0.1, -0.05) is 18.2 Å². The Bertz CT molecular complexity index is 1470. The number of nitrogens with zero attached hydrogens (tertiary/aromatic N) is 1. The second-order valence-electron chi connectivity index (χ2n) is 8.27. The number of rotatable bonds is 9. The predicted octanol–water partition coefficient (Wildman–Crippen LogP) is 5.63. The summed E-state index contributed by atoms with van der Waals surface area (Å²) in [5, 5.41) is 8.32. The predicted molar refractivity (Wildman–Crippen MR) is 147 cm³/mol. The topological polar surface area (TPSA) is 128 Å². The summed E-state index contributed by atoms with van der Waals surface area (Å²) in [7, 11) is 3.14. The van der Waals surface area contributed by atoms with E-state index in [2.05, 4.69) is 20.3 Å². The van der Waals surface area contributed by atoms with E-state index in [4.69, 9.17) is 15.2 Å². The van der Waals surface area contributed by atoms with Gasteiger partial charge in [-0.25, -0.2) is 9.18 Å². The molecule has 11 heteroatoms. The van der Waals surface area contributed by atoms with Crippen LogP contribution in [0.4, 0.5) is 26.4 Å². The molecule has 0 atom stereocenters. The molecular weight excluding hydrogens is 509 g/mol. The average molecular weight is 536 g/mol. The SMILES string of the molecule is COc1ccc(CNc2nsc(-c3ccc(NC(=O)Nc4cc(C)ccc4F)cc3)c2C(N)=O)c(OC)c1. The molecule has 9 nitrogen and oxygen atoms in total. The maximum atomic E-state index is 13.9. The van der Waals surface area contributed by atoms with Crippen LogP contribution >= 0.6 is 11.5 Å². The normalized spacial score (nSPS) is 10.5. The number of hydrogen-bond acceptors (Lipinski definition) is 7. The van der Waals surface area contributed by atoms with Crippen molar-refractivity contribution >= 4 is 40.7 Å². The minimum atomic E-state index is -0.625. The van der Waals surface area contributed by atoms with Crippen LogP contribution in [0.3, 0.4) is 0 Å². The number of nitrogens with two attached hydrogens (primary N) is 1. The van der Waals surface area contributed by atoms with Gasteiger partial charge in [-0.3, -0.25) is 4.79 Å². The van der Waals surface area contributed by atoms with Gasteiger partial charge in [-0.15, -0.1) is 0 Å². The molecule has 196 valence electrons. The van der Waals surface area contributed by atoms with Crippen LogP contribution in [-0.4, -0.2) is 30.5 Å². The third-order valence-electron chi connectivity index (χ3n) is 5.65. The second-order valence-corrected chi connectivity index (χ2v) is 9.04. The molecule has 4 rings (SSSR count). The number of urea groups is 1. The fourth-order valence-corrected chi connectivity index (χ4v) is 4.61. The number of nitrogens with one attached hydrogen (secondary N) is 3. The van der Waals surface area contributed by atoms with E-state index in [0.29, 0.717) is 40.0 Å². The molecule has 0 spiro atoms. The molecular formula is C27H26FN5O4S. The Morgan fingerprint density at radius 2 is 1.76 bits per heavy atom. The van der Waals surface area contributed by atoms with Crippen molar-refractivity contribution in [3.05, 3.63) is 83.2 Å². The standard InChI is InChI=1S/C27H26FN5O4S/c1-15-4-11-20(28)21(12-15)32-27(35)31-18-8-5-16(6-9-18)24-23(25(29)34)26(33-38-24)30-14-17-7-10-19(36-2)13-22(17)37-3/h4-13H,14H2,1-3H3,(H2,29,34)(H,30,33)(H2,31,32,35). The molecule has 0 aliphatic heterocycles. The first-order chi connectivity index (χ1) is 18.3. The number of amides is 3. The number of aryl methyl sites for hydroxylation is 1. The van der Waals surface area contributed by atoms with Crippen molar-refractivity contribution < 1.29 is 23.5 Å². The highest BCUT2D eigenvalue weighted by molar-refractivity contribution is 7.10. The molecule has 0 aliphatic rings. The van der Waals surface area contributed by atoms with E-state index in [-0.39, 0.29) is 11.3 Å². The first-order valence-corrected chi connectivity index (χ1v) is 12.2. The van der Waals surface area contributed by atoms with Crippen LogP contribution < -0.4 is 31.2 Å². The number of carbonyl (C=O) groups is 2. The zero-order valence-corrected chi connectivity index (χ0v) is 21.7. The number of carbonyl (C=O) groups excluding carboxylic acids is 2. The minimum Gasteiger partial charge on any atom is -0.497 e. The average Bonchev–Trinajstić information content (AvgIpc) is 3.34. The van der Waals surface area contributed by atoms with E-state index in [9.17, 15) is 14.0 Å². The van der Waals surface area contributed by atoms with Crippen LogP contribution in [0.2, 0.25) is 0 Å². The largest absolute Gasteiger partial charge is 0.497 e. The maximum absolute atomic E-state index is 13.9. The number of benzene rings is 3. The number of primary amides is 1. The van der Waals surface area contributed by atoms with Crippen molar-refractivity contribution in [2.24, 2.45) is 5.73 Å². The number of anilines is 3. The maximum Gasteiger partial charge on any atom is 0.323 e. The van der Waals surface area contributed by atoms with Gasteiger partial charge >= 0.3 is 6.03 Å². The van der Waals surface area contributed by atoms with Crippen molar-refractivity contribution in [3.8, 4) is 21.9 Å². The van der Waals surface area contributed by atoms with E-state index < -0.39 is 17.8 Å². The van der Waals surface area contributed by atoms with E-state index >= 15 is 0 Å². The van der Waals surface area contributed by atoms with Crippen molar-refractivity contribution in [1.29, 1.82) is 0 Å². The van der Waals surface area contributed by atoms with Gasteiger partial charge < -0.3 is 31.2 Å². The summed E-state index contributed by atoms with van der Waals surface area (Å²) in [4.78, 5) is 25.3. The highest BCUT2D eigenvalue weighted by atomic mass is 32.1. The molecule has 3 aromatic carbocycles. The molecule has 0 saturated carbocycles. The Morgan fingerprint density at radius 1 is 1.00 bits per heavy atom. The number of halogens is 1. The molecule has 0 fully saturated rings. The van der Waals surface area contributed by atoms with Crippen molar-refractivity contribution in [2.45, 2.75) is 13.5 Å². The molecule has 0 unspecified atom stereocenters. The van der Waals surface area contributed by atoms with Gasteiger partial charge in [0, 0.05) is 23.9 Å². The lowest BCUT2D eigenvalue weighted by atomic mass is 10.1. The Kier molecular flexibility index (Phi) is 8.07. The van der Waals surface area contributed by atoms with Crippen LogP contribution in [0.1, 0.15) is 21.5 Å². The Hall–Kier alpha value is -4.64. The van der Waals surface area contributed by atoms with Crippen LogP contribution in [0.5, 0.6) is 11.5 Å². The van der Waals surface area contributed by atoms with Gasteiger partial charge in [0.25, 0.3) is 5.91 Å². The summed E-state index contributed by atoms with van der Waals surface area (Å²) in [6, 6.07) is 16.1. The summed E-state index contributed by atoms with van der Waals surface area (Å²) in [6.45, 7) is 2.15. The first kappa shape index (κ1) is 26.4. The van der Waals surface area contributed by atoms with Crippen LogP contribution in [0.15, 0.2) is 60.7 Å². The molecule has 1 aromatic heterocycles. The highest BCUT2D eigenvalue weighted by Crippen LogP contribution is 2.34. The number of methoxy groups -OCH3 is 2. The zero-order chi connectivity index (χ0) is 27.2. The molecule has 1 heterocycles. The quantitative estimate of drug-likeness (QED) is 0.220. The van der Waals surface area contributed by atoms with Crippen molar-refractivity contribution in [3.63, 3.8) is 0 Å². The minimum absolute atomic E-state index is 0.0853. The van der Waals surface area contributed by atoms with Gasteiger partial charge in [0.15, 0.2) is 5.82 Å². The fraction of sp³-hybridized carbons (Fsp3) is 0.148. The lowest BCUT2D eigenvalue weighted by Crippen LogP contribution is -2.20. The van der Waals surface area contributed by atoms with E-state index in [1.807, 2.05) is 12.1 Å². The summed E-state index contributed by atoms with van der Waals surface area (Å²) < 4.78 is 29.0. The van der Waals surface area contributed by atoms with Gasteiger partial charge in [0.05, 0.1) is 24.8 Å². The Morgan fingerprint density at radius 3 is 2.45 bits per heavy atom. The third kappa shape index (κ3) is 6.01. The third-order valence-corrected chi connectivity index (χ3v) is 6.55. The van der Waals surface area contributed by atoms with E-state index in [1.165, 1.54) is 6.07 Å². The van der Waals surface area contributed by atoms with Gasteiger partial charge in [-0.05, 0) is 66.0 Å². The molecule has 4 aromatic rings. The molecule has 0 radical (unpaired) electrons. The Balaban J connectivity index is 1.47. The summed E-state index contributed by atoms with van der Waals surface area (Å²) in [5.41, 5.74) is 8.89. The monoisotopic (exact) mass is 535 g/mol. The lowest BCUT2D eigenvalue weighted by molar-refractivity contribution is 0.100. The Labute approximate surface area is 222 Å². The lowest BCUT2D eigenvalue weighted by Gasteiger charge is -2.12. The van der Waals surface area contributed by atoms with Gasteiger partial charge in [0.1, 0.15) is 22.9 Å². The molecule has 0 aliphatic carbocycles. The fourth-order valence-electron chi connectivity index (χ4n) is 3.74. The van der Waals surface area contributed by atoms with Crippen LogP contribution in [0, 0.1) is 12.7 Å². The zero-order valence-electron chi connectivity index (χ0n) is 20.9. The van der Waals surface area contributed by atoms with Crippen LogP contribution in [0.25, 0.3) is 10.4 Å². The molecule has 3 amide bonds. The smallest absolute Gasteiger partial charge is 0.323 e. The molecule has 0 saturated heterocycles. The number of hydrogen-bond donors (Lipinski definition) is 4. The summed E-state index contributed by atoms with van der Waals surface area (Å²) in [6.07, 6.45) is 0. The van der Waals surface area contributed by atoms with Gasteiger partial charge in [-0.2, -0.15) is 4.37 Å². The van der Waals surface area contributed by atoms with Crippen molar-refractivity contribution in [2.75, 3.05) is 30.2 Å². The summed E-state index contributed by atoms with van der Waals surface area (Å²) >= 11 is 1.13.